The topological polar surface area (TPSA) is 59.2 Å². The maximum Gasteiger partial charge on any atom is 0.254 e. The second-order valence-corrected chi connectivity index (χ2v) is 6.54. The van der Waals surface area contributed by atoms with Crippen molar-refractivity contribution >= 4 is 11.7 Å². The summed E-state index contributed by atoms with van der Waals surface area (Å²) in [6, 6.07) is 3.59. The highest BCUT2D eigenvalue weighted by molar-refractivity contribution is 5.95. The zero-order chi connectivity index (χ0) is 15.6. The Bertz CT molecular complexity index is 521. The van der Waals surface area contributed by atoms with E-state index < -0.39 is 0 Å². The number of amides is 1. The molecule has 0 spiro atoms. The fraction of sp³-hybridized carbons (Fsp3) is 0.647. The Balaban J connectivity index is 2.22. The van der Waals surface area contributed by atoms with Crippen LogP contribution in [0.15, 0.2) is 12.1 Å². The lowest BCUT2D eigenvalue weighted by molar-refractivity contribution is 0.0769. The van der Waals surface area contributed by atoms with Crippen molar-refractivity contribution in [3.05, 3.63) is 23.4 Å². The van der Waals surface area contributed by atoms with E-state index in [1.54, 1.807) is 6.07 Å². The third-order valence-electron chi connectivity index (χ3n) is 4.93. The fourth-order valence-corrected chi connectivity index (χ4v) is 3.11. The van der Waals surface area contributed by atoms with Crippen molar-refractivity contribution in [1.82, 2.24) is 9.88 Å². The zero-order valence-corrected chi connectivity index (χ0v) is 13.6. The van der Waals surface area contributed by atoms with Gasteiger partial charge in [-0.3, -0.25) is 4.79 Å². The zero-order valence-electron chi connectivity index (χ0n) is 13.6. The Morgan fingerprint density at radius 3 is 2.57 bits per heavy atom. The lowest BCUT2D eigenvalue weighted by atomic mass is 9.82. The molecule has 21 heavy (non-hydrogen) atoms. The van der Waals surface area contributed by atoms with Crippen LogP contribution in [0.4, 0.5) is 5.82 Å². The van der Waals surface area contributed by atoms with E-state index in [0.717, 1.165) is 38.0 Å². The standard InChI is InChI=1S/C17H27N3O/c1-5-17(6-2)7-8-20(11-17)16(21)13-9-14(12(3)4)19-15(18)10-13/h9-10,12H,5-8,11H2,1-4H3,(H2,18,19). The van der Waals surface area contributed by atoms with Gasteiger partial charge in [0.2, 0.25) is 0 Å². The van der Waals surface area contributed by atoms with Crippen LogP contribution in [0.25, 0.3) is 0 Å². The number of anilines is 1. The summed E-state index contributed by atoms with van der Waals surface area (Å²) in [5.74, 6) is 0.791. The van der Waals surface area contributed by atoms with Crippen LogP contribution >= 0.6 is 0 Å². The van der Waals surface area contributed by atoms with Gasteiger partial charge >= 0.3 is 0 Å². The molecule has 2 heterocycles. The molecule has 0 unspecified atom stereocenters. The van der Waals surface area contributed by atoms with E-state index in [9.17, 15) is 4.79 Å². The molecule has 2 rings (SSSR count). The number of pyridine rings is 1. The molecule has 1 aromatic heterocycles. The number of hydrogen-bond acceptors (Lipinski definition) is 3. The molecule has 2 N–H and O–H groups in total. The molecule has 116 valence electrons. The van der Waals surface area contributed by atoms with Crippen molar-refractivity contribution in [2.75, 3.05) is 18.8 Å². The molecule has 4 nitrogen and oxygen atoms in total. The minimum atomic E-state index is 0.0924. The summed E-state index contributed by atoms with van der Waals surface area (Å²) in [6.07, 6.45) is 3.36. The molecule has 1 aromatic rings. The molecule has 0 atom stereocenters. The number of nitrogens with zero attached hydrogens (tertiary/aromatic N) is 2. The van der Waals surface area contributed by atoms with Gasteiger partial charge in [-0.2, -0.15) is 0 Å². The summed E-state index contributed by atoms with van der Waals surface area (Å²) in [5, 5.41) is 0. The molecular weight excluding hydrogens is 262 g/mol. The molecule has 0 bridgehead atoms. The second-order valence-electron chi connectivity index (χ2n) is 6.54. The number of nitrogens with two attached hydrogens (primary N) is 1. The first kappa shape index (κ1) is 15.8. The van der Waals surface area contributed by atoms with Gasteiger partial charge in [-0.05, 0) is 42.7 Å². The summed E-state index contributed by atoms with van der Waals surface area (Å²) in [4.78, 5) is 19.0. The Morgan fingerprint density at radius 2 is 2.05 bits per heavy atom. The van der Waals surface area contributed by atoms with Crippen LogP contribution in [0, 0.1) is 5.41 Å². The molecular formula is C17H27N3O. The van der Waals surface area contributed by atoms with Crippen LogP contribution in [0.3, 0.4) is 0 Å². The summed E-state index contributed by atoms with van der Waals surface area (Å²) >= 11 is 0. The van der Waals surface area contributed by atoms with E-state index in [-0.39, 0.29) is 11.8 Å². The molecule has 0 radical (unpaired) electrons. The van der Waals surface area contributed by atoms with E-state index in [1.807, 2.05) is 11.0 Å². The van der Waals surface area contributed by atoms with Crippen LogP contribution in [0.2, 0.25) is 0 Å². The number of rotatable bonds is 4. The summed E-state index contributed by atoms with van der Waals surface area (Å²) in [7, 11) is 0. The van der Waals surface area contributed by atoms with Gasteiger partial charge in [-0.15, -0.1) is 0 Å². The van der Waals surface area contributed by atoms with Gasteiger partial charge in [0.25, 0.3) is 5.91 Å². The van der Waals surface area contributed by atoms with Crippen LogP contribution in [-0.4, -0.2) is 28.9 Å². The van der Waals surface area contributed by atoms with Crippen molar-refractivity contribution < 1.29 is 4.79 Å². The Kier molecular flexibility index (Phi) is 4.55. The molecule has 1 saturated heterocycles. The smallest absolute Gasteiger partial charge is 0.254 e. The monoisotopic (exact) mass is 289 g/mol. The van der Waals surface area contributed by atoms with Crippen molar-refractivity contribution in [1.29, 1.82) is 0 Å². The number of likely N-dealkylation sites (tertiary alicyclic amines) is 1. The van der Waals surface area contributed by atoms with Crippen LogP contribution < -0.4 is 5.73 Å². The number of hydrogen-bond donors (Lipinski definition) is 1. The second kappa shape index (κ2) is 6.04. The minimum absolute atomic E-state index is 0.0924. The van der Waals surface area contributed by atoms with Crippen LogP contribution in [0.1, 0.15) is 68.9 Å². The largest absolute Gasteiger partial charge is 0.384 e. The third-order valence-corrected chi connectivity index (χ3v) is 4.93. The predicted octanol–water partition coefficient (Wildman–Crippen LogP) is 3.44. The van der Waals surface area contributed by atoms with Crippen LogP contribution in [-0.2, 0) is 0 Å². The average Bonchev–Trinajstić information content (AvgIpc) is 2.91. The summed E-state index contributed by atoms with van der Waals surface area (Å²) in [5.41, 5.74) is 7.72. The minimum Gasteiger partial charge on any atom is -0.384 e. The Morgan fingerprint density at radius 1 is 1.38 bits per heavy atom. The molecule has 1 fully saturated rings. The first-order chi connectivity index (χ1) is 9.90. The number of aromatic nitrogens is 1. The van der Waals surface area contributed by atoms with E-state index in [2.05, 4.69) is 32.7 Å². The van der Waals surface area contributed by atoms with E-state index in [4.69, 9.17) is 5.73 Å². The quantitative estimate of drug-likeness (QED) is 0.923. The first-order valence-corrected chi connectivity index (χ1v) is 7.97. The van der Waals surface area contributed by atoms with Crippen molar-refractivity contribution in [2.24, 2.45) is 5.41 Å². The SMILES string of the molecule is CCC1(CC)CCN(C(=O)c2cc(N)nc(C(C)C)c2)C1. The number of carbonyl (C=O) groups excluding carboxylic acids is 1. The Labute approximate surface area is 127 Å². The highest BCUT2D eigenvalue weighted by atomic mass is 16.2. The van der Waals surface area contributed by atoms with Gasteiger partial charge in [0, 0.05) is 24.3 Å². The highest BCUT2D eigenvalue weighted by Crippen LogP contribution is 2.37. The number of nitrogen functional groups attached to an aromatic ring is 1. The van der Waals surface area contributed by atoms with Gasteiger partial charge in [0.1, 0.15) is 5.82 Å². The first-order valence-electron chi connectivity index (χ1n) is 7.97. The normalized spacial score (nSPS) is 17.5. The summed E-state index contributed by atoms with van der Waals surface area (Å²) in [6.45, 7) is 10.3. The lowest BCUT2D eigenvalue weighted by Gasteiger charge is -2.26. The average molecular weight is 289 g/mol. The molecule has 1 amide bonds. The summed E-state index contributed by atoms with van der Waals surface area (Å²) < 4.78 is 0. The molecule has 0 saturated carbocycles. The molecule has 1 aliphatic rings. The lowest BCUT2D eigenvalue weighted by Crippen LogP contribution is -2.32. The van der Waals surface area contributed by atoms with Crippen molar-refractivity contribution in [2.45, 2.75) is 52.9 Å². The van der Waals surface area contributed by atoms with Gasteiger partial charge in [-0.25, -0.2) is 4.98 Å². The van der Waals surface area contributed by atoms with Crippen LogP contribution in [0.5, 0.6) is 0 Å². The van der Waals surface area contributed by atoms with Gasteiger partial charge in [-0.1, -0.05) is 27.7 Å². The van der Waals surface area contributed by atoms with Gasteiger partial charge < -0.3 is 10.6 Å². The highest BCUT2D eigenvalue weighted by Gasteiger charge is 2.37. The fourth-order valence-electron chi connectivity index (χ4n) is 3.11. The molecule has 1 aliphatic heterocycles. The molecule has 0 aliphatic carbocycles. The van der Waals surface area contributed by atoms with E-state index >= 15 is 0 Å². The maximum absolute atomic E-state index is 12.7. The number of carbonyl (C=O) groups is 1. The Hall–Kier alpha value is -1.58. The third kappa shape index (κ3) is 3.20. The van der Waals surface area contributed by atoms with Gasteiger partial charge in [0.05, 0.1) is 0 Å². The molecule has 0 aromatic carbocycles. The van der Waals surface area contributed by atoms with Gasteiger partial charge in [0.15, 0.2) is 0 Å². The van der Waals surface area contributed by atoms with E-state index in [1.165, 1.54) is 0 Å². The van der Waals surface area contributed by atoms with Crippen molar-refractivity contribution in [3.8, 4) is 0 Å². The maximum atomic E-state index is 12.7. The van der Waals surface area contributed by atoms with Crippen molar-refractivity contribution in [3.63, 3.8) is 0 Å². The molecule has 4 heteroatoms. The van der Waals surface area contributed by atoms with E-state index in [0.29, 0.717) is 16.8 Å². The predicted molar refractivity (Wildman–Crippen MR) is 86.3 cm³/mol.